The standard InChI is InChI=1S/C11H8FN3O3/c12-9-2-1-8(15(17)18)4-10(9)14-6-7(5-13)3-11(14)16/h1-2,4,7H,3,6H2. The van der Waals surface area contributed by atoms with Crippen molar-refractivity contribution in [1.29, 1.82) is 5.26 Å². The Bertz CT molecular complexity index is 567. The SMILES string of the molecule is N#CC1CC(=O)N(c2cc([N+](=O)[O-])ccc2F)C1. The normalized spacial score (nSPS) is 18.8. The largest absolute Gasteiger partial charge is 0.308 e. The molecule has 1 aliphatic heterocycles. The topological polar surface area (TPSA) is 87.2 Å². The summed E-state index contributed by atoms with van der Waals surface area (Å²) in [6.45, 7) is 0.0629. The van der Waals surface area contributed by atoms with Gasteiger partial charge >= 0.3 is 0 Å². The predicted octanol–water partition coefficient (Wildman–Crippen LogP) is 1.61. The van der Waals surface area contributed by atoms with Crippen molar-refractivity contribution in [1.82, 2.24) is 0 Å². The Morgan fingerprint density at radius 2 is 2.28 bits per heavy atom. The third kappa shape index (κ3) is 2.00. The van der Waals surface area contributed by atoms with Gasteiger partial charge in [0.2, 0.25) is 5.91 Å². The summed E-state index contributed by atoms with van der Waals surface area (Å²) in [6, 6.07) is 4.91. The first-order chi connectivity index (χ1) is 8.52. The highest BCUT2D eigenvalue weighted by Crippen LogP contribution is 2.30. The van der Waals surface area contributed by atoms with Crippen LogP contribution in [0.4, 0.5) is 15.8 Å². The average molecular weight is 249 g/mol. The lowest BCUT2D eigenvalue weighted by Crippen LogP contribution is -2.25. The summed E-state index contributed by atoms with van der Waals surface area (Å²) < 4.78 is 13.6. The van der Waals surface area contributed by atoms with Crippen molar-refractivity contribution >= 4 is 17.3 Å². The van der Waals surface area contributed by atoms with Crippen molar-refractivity contribution in [3.05, 3.63) is 34.1 Å². The molecule has 1 saturated heterocycles. The van der Waals surface area contributed by atoms with Gasteiger partial charge in [-0.2, -0.15) is 5.26 Å². The van der Waals surface area contributed by atoms with Gasteiger partial charge in [-0.05, 0) is 6.07 Å². The number of halogens is 1. The van der Waals surface area contributed by atoms with Crippen LogP contribution in [0.5, 0.6) is 0 Å². The number of benzene rings is 1. The minimum Gasteiger partial charge on any atom is -0.308 e. The molecule has 1 amide bonds. The number of non-ortho nitro benzene ring substituents is 1. The van der Waals surface area contributed by atoms with Gasteiger partial charge in [0.15, 0.2) is 0 Å². The molecule has 1 heterocycles. The maximum Gasteiger partial charge on any atom is 0.271 e. The van der Waals surface area contributed by atoms with E-state index in [9.17, 15) is 19.3 Å². The molecule has 1 fully saturated rings. The molecule has 1 unspecified atom stereocenters. The first kappa shape index (κ1) is 12.0. The van der Waals surface area contributed by atoms with Crippen LogP contribution in [-0.4, -0.2) is 17.4 Å². The van der Waals surface area contributed by atoms with E-state index in [1.165, 1.54) is 0 Å². The number of carbonyl (C=O) groups is 1. The van der Waals surface area contributed by atoms with Crippen LogP contribution in [0.2, 0.25) is 0 Å². The van der Waals surface area contributed by atoms with Crippen LogP contribution in [0.1, 0.15) is 6.42 Å². The Labute approximate surface area is 101 Å². The van der Waals surface area contributed by atoms with Gasteiger partial charge in [-0.1, -0.05) is 0 Å². The lowest BCUT2D eigenvalue weighted by molar-refractivity contribution is -0.384. The second-order valence-electron chi connectivity index (χ2n) is 3.93. The zero-order chi connectivity index (χ0) is 13.3. The smallest absolute Gasteiger partial charge is 0.271 e. The van der Waals surface area contributed by atoms with Gasteiger partial charge in [0.25, 0.3) is 5.69 Å². The lowest BCUT2D eigenvalue weighted by atomic mass is 10.1. The highest BCUT2D eigenvalue weighted by atomic mass is 19.1. The molecule has 0 bridgehead atoms. The van der Waals surface area contributed by atoms with Crippen LogP contribution in [0.25, 0.3) is 0 Å². The summed E-state index contributed by atoms with van der Waals surface area (Å²) in [7, 11) is 0. The third-order valence-electron chi connectivity index (χ3n) is 2.74. The first-order valence-corrected chi connectivity index (χ1v) is 5.17. The number of hydrogen-bond donors (Lipinski definition) is 0. The fraction of sp³-hybridized carbons (Fsp3) is 0.273. The third-order valence-corrected chi connectivity index (χ3v) is 2.74. The van der Waals surface area contributed by atoms with E-state index in [2.05, 4.69) is 0 Å². The summed E-state index contributed by atoms with van der Waals surface area (Å²) in [5.41, 5.74) is -0.438. The van der Waals surface area contributed by atoms with E-state index in [-0.39, 0.29) is 24.3 Å². The average Bonchev–Trinajstić information content (AvgIpc) is 2.71. The Morgan fingerprint density at radius 1 is 1.56 bits per heavy atom. The highest BCUT2D eigenvalue weighted by Gasteiger charge is 2.32. The molecule has 1 aliphatic rings. The molecule has 0 N–H and O–H groups in total. The number of carbonyl (C=O) groups excluding carboxylic acids is 1. The van der Waals surface area contributed by atoms with E-state index in [0.29, 0.717) is 0 Å². The molecular formula is C11H8FN3O3. The monoisotopic (exact) mass is 249 g/mol. The van der Waals surface area contributed by atoms with E-state index in [0.717, 1.165) is 23.1 Å². The van der Waals surface area contributed by atoms with Crippen molar-refractivity contribution in [2.45, 2.75) is 6.42 Å². The van der Waals surface area contributed by atoms with Crippen LogP contribution >= 0.6 is 0 Å². The van der Waals surface area contributed by atoms with Gasteiger partial charge in [0, 0.05) is 25.1 Å². The molecule has 0 saturated carbocycles. The number of nitriles is 1. The minimum atomic E-state index is -0.715. The van der Waals surface area contributed by atoms with E-state index in [1.54, 1.807) is 0 Å². The van der Waals surface area contributed by atoms with E-state index in [1.807, 2.05) is 6.07 Å². The van der Waals surface area contributed by atoms with Crippen molar-refractivity contribution in [3.63, 3.8) is 0 Å². The first-order valence-electron chi connectivity index (χ1n) is 5.17. The van der Waals surface area contributed by atoms with E-state index >= 15 is 0 Å². The van der Waals surface area contributed by atoms with Crippen molar-refractivity contribution in [2.24, 2.45) is 5.92 Å². The highest BCUT2D eigenvalue weighted by molar-refractivity contribution is 5.96. The molecule has 7 heteroatoms. The number of nitro groups is 1. The molecule has 1 aromatic carbocycles. The molecule has 6 nitrogen and oxygen atoms in total. The maximum absolute atomic E-state index is 13.6. The molecule has 0 aliphatic carbocycles. The van der Waals surface area contributed by atoms with E-state index in [4.69, 9.17) is 5.26 Å². The number of rotatable bonds is 2. The summed E-state index contributed by atoms with van der Waals surface area (Å²) in [6.07, 6.45) is 0.0125. The number of nitrogens with zero attached hydrogens (tertiary/aromatic N) is 3. The second-order valence-corrected chi connectivity index (χ2v) is 3.93. The number of nitro benzene ring substituents is 1. The Balaban J connectivity index is 2.39. The van der Waals surface area contributed by atoms with Gasteiger partial charge in [-0.3, -0.25) is 14.9 Å². The van der Waals surface area contributed by atoms with Crippen molar-refractivity contribution in [2.75, 3.05) is 11.4 Å². The fourth-order valence-electron chi connectivity index (χ4n) is 1.85. The Kier molecular flexibility index (Phi) is 2.93. The molecule has 1 atom stereocenters. The summed E-state index contributed by atoms with van der Waals surface area (Å²) in [4.78, 5) is 22.6. The Morgan fingerprint density at radius 3 is 2.83 bits per heavy atom. The number of hydrogen-bond acceptors (Lipinski definition) is 4. The predicted molar refractivity (Wildman–Crippen MR) is 59.1 cm³/mol. The van der Waals surface area contributed by atoms with Crippen LogP contribution in [0, 0.1) is 33.2 Å². The Hall–Kier alpha value is -2.49. The van der Waals surface area contributed by atoms with Gasteiger partial charge in [-0.15, -0.1) is 0 Å². The van der Waals surface area contributed by atoms with E-state index < -0.39 is 22.6 Å². The zero-order valence-electron chi connectivity index (χ0n) is 9.17. The minimum absolute atomic E-state index is 0.0125. The quantitative estimate of drug-likeness (QED) is 0.588. The van der Waals surface area contributed by atoms with Gasteiger partial charge < -0.3 is 4.90 Å². The number of anilines is 1. The maximum atomic E-state index is 13.6. The summed E-state index contributed by atoms with van der Waals surface area (Å²) >= 11 is 0. The van der Waals surface area contributed by atoms with Crippen LogP contribution in [-0.2, 0) is 4.79 Å². The zero-order valence-corrected chi connectivity index (χ0v) is 9.17. The second kappa shape index (κ2) is 4.41. The number of amides is 1. The van der Waals surface area contributed by atoms with Crippen molar-refractivity contribution in [3.8, 4) is 6.07 Å². The fourth-order valence-corrected chi connectivity index (χ4v) is 1.85. The molecule has 0 spiro atoms. The molecular weight excluding hydrogens is 241 g/mol. The molecule has 2 rings (SSSR count). The van der Waals surface area contributed by atoms with Crippen LogP contribution in [0.15, 0.2) is 18.2 Å². The van der Waals surface area contributed by atoms with Gasteiger partial charge in [-0.25, -0.2) is 4.39 Å². The van der Waals surface area contributed by atoms with Crippen molar-refractivity contribution < 1.29 is 14.1 Å². The molecule has 0 aromatic heterocycles. The van der Waals surface area contributed by atoms with Crippen LogP contribution < -0.4 is 4.90 Å². The summed E-state index contributed by atoms with van der Waals surface area (Å²) in [5, 5.41) is 19.3. The molecule has 92 valence electrons. The van der Waals surface area contributed by atoms with Gasteiger partial charge in [0.1, 0.15) is 5.82 Å². The molecule has 18 heavy (non-hydrogen) atoms. The van der Waals surface area contributed by atoms with Crippen LogP contribution in [0.3, 0.4) is 0 Å². The molecule has 0 radical (unpaired) electrons. The summed E-state index contributed by atoms with van der Waals surface area (Å²) in [5.74, 6) is -1.62. The molecule has 1 aromatic rings. The van der Waals surface area contributed by atoms with Gasteiger partial charge in [0.05, 0.1) is 22.6 Å². The lowest BCUT2D eigenvalue weighted by Gasteiger charge is -2.16.